The molecule has 1 fully saturated rings. The third-order valence-electron chi connectivity index (χ3n) is 7.28. The van der Waals surface area contributed by atoms with Crippen LogP contribution < -0.4 is 11.0 Å². The minimum Gasteiger partial charge on any atom is -0.366 e. The lowest BCUT2D eigenvalue weighted by molar-refractivity contribution is -0.133. The number of anilines is 1. The van der Waals surface area contributed by atoms with E-state index in [0.29, 0.717) is 59.8 Å². The molecular weight excluding hydrogens is 506 g/mol. The van der Waals surface area contributed by atoms with Gasteiger partial charge in [0, 0.05) is 54.9 Å². The summed E-state index contributed by atoms with van der Waals surface area (Å²) in [6.07, 6.45) is 8.48. The molecule has 11 heteroatoms. The summed E-state index contributed by atoms with van der Waals surface area (Å²) >= 11 is 6.49. The molecule has 4 aromatic rings. The van der Waals surface area contributed by atoms with Crippen molar-refractivity contribution in [3.8, 4) is 11.1 Å². The minimum atomic E-state index is -0.191. The van der Waals surface area contributed by atoms with Crippen LogP contribution in [0.1, 0.15) is 42.0 Å². The molecule has 1 saturated heterocycles. The zero-order valence-corrected chi connectivity index (χ0v) is 21.5. The predicted octanol–water partition coefficient (Wildman–Crippen LogP) is 3.75. The minimum absolute atomic E-state index is 0.0150. The molecule has 6 rings (SSSR count). The van der Waals surface area contributed by atoms with Gasteiger partial charge in [0.25, 0.3) is 0 Å². The highest BCUT2D eigenvalue weighted by molar-refractivity contribution is 6.34. The van der Waals surface area contributed by atoms with Crippen molar-refractivity contribution in [3.05, 3.63) is 69.8 Å². The summed E-state index contributed by atoms with van der Waals surface area (Å²) in [4.78, 5) is 51.8. The highest BCUT2D eigenvalue weighted by atomic mass is 35.5. The molecule has 1 amide bonds. The molecule has 0 radical (unpaired) electrons. The molecule has 2 N–H and O–H groups in total. The van der Waals surface area contributed by atoms with Crippen LogP contribution in [0.5, 0.6) is 0 Å². The standard InChI is InChI=1S/C27H26ClN7O3/c1-16(36)24-23-19(18-5-2-3-6-20(18)28)13-34(26(23)31-15-30-24)14-22(37)33-11-8-17(9-12-33)35-21-7-4-10-29-25(21)32-27(35)38/h2-7,13,15,17,29H,8-12,14H2,1H3,(H,32,38). The summed E-state index contributed by atoms with van der Waals surface area (Å²) < 4.78 is 3.56. The Balaban J connectivity index is 1.26. The van der Waals surface area contributed by atoms with E-state index < -0.39 is 0 Å². The lowest BCUT2D eigenvalue weighted by atomic mass is 10.0. The van der Waals surface area contributed by atoms with Crippen molar-refractivity contribution in [1.29, 1.82) is 0 Å². The summed E-state index contributed by atoms with van der Waals surface area (Å²) in [5.74, 6) is 0.500. The topological polar surface area (TPSA) is 118 Å². The molecule has 0 bridgehead atoms. The van der Waals surface area contributed by atoms with Crippen molar-refractivity contribution >= 4 is 46.2 Å². The first-order valence-corrected chi connectivity index (χ1v) is 12.9. The number of fused-ring (bicyclic) bond motifs is 2. The van der Waals surface area contributed by atoms with Gasteiger partial charge in [0.05, 0.1) is 11.1 Å². The third kappa shape index (κ3) is 4.10. The molecule has 1 aromatic carbocycles. The van der Waals surface area contributed by atoms with Crippen molar-refractivity contribution in [2.24, 2.45) is 0 Å². The third-order valence-corrected chi connectivity index (χ3v) is 7.61. The van der Waals surface area contributed by atoms with Crippen molar-refractivity contribution < 1.29 is 9.59 Å². The second-order valence-electron chi connectivity index (χ2n) is 9.58. The number of ketones is 1. The number of halogens is 1. The fourth-order valence-corrected chi connectivity index (χ4v) is 5.71. The second kappa shape index (κ2) is 9.60. The zero-order valence-electron chi connectivity index (χ0n) is 20.8. The van der Waals surface area contributed by atoms with E-state index in [-0.39, 0.29) is 30.0 Å². The van der Waals surface area contributed by atoms with Crippen molar-refractivity contribution in [1.82, 2.24) is 29.0 Å². The first kappa shape index (κ1) is 24.2. The molecule has 0 aliphatic carbocycles. The molecule has 0 saturated carbocycles. The van der Waals surface area contributed by atoms with E-state index in [2.05, 4.69) is 20.3 Å². The van der Waals surface area contributed by atoms with Gasteiger partial charge in [0.15, 0.2) is 5.78 Å². The first-order valence-electron chi connectivity index (χ1n) is 12.5. The maximum absolute atomic E-state index is 13.4. The van der Waals surface area contributed by atoms with E-state index in [4.69, 9.17) is 11.6 Å². The zero-order chi connectivity index (χ0) is 26.4. The number of rotatable bonds is 5. The molecule has 38 heavy (non-hydrogen) atoms. The molecule has 0 spiro atoms. The van der Waals surface area contributed by atoms with Gasteiger partial charge in [-0.05, 0) is 25.0 Å². The van der Waals surface area contributed by atoms with Gasteiger partial charge in [-0.3, -0.25) is 19.1 Å². The largest absolute Gasteiger partial charge is 0.366 e. The van der Waals surface area contributed by atoms with Crippen LogP contribution in [0, 0.1) is 0 Å². The van der Waals surface area contributed by atoms with Gasteiger partial charge < -0.3 is 14.8 Å². The molecule has 2 aliphatic rings. The van der Waals surface area contributed by atoms with E-state index in [1.807, 2.05) is 41.4 Å². The number of nitrogens with zero attached hydrogens (tertiary/aromatic N) is 5. The van der Waals surface area contributed by atoms with E-state index in [1.54, 1.807) is 15.2 Å². The number of benzene rings is 1. The van der Waals surface area contributed by atoms with Gasteiger partial charge in [-0.25, -0.2) is 14.8 Å². The normalized spacial score (nSPS) is 15.5. The summed E-state index contributed by atoms with van der Waals surface area (Å²) in [6.45, 7) is 3.29. The monoisotopic (exact) mass is 531 g/mol. The number of aromatic amines is 1. The maximum atomic E-state index is 13.4. The average Bonchev–Trinajstić information content (AvgIpc) is 3.45. The Bertz CT molecular complexity index is 1660. The van der Waals surface area contributed by atoms with E-state index in [1.165, 1.54) is 13.3 Å². The number of hydrogen-bond donors (Lipinski definition) is 2. The van der Waals surface area contributed by atoms with Crippen LogP contribution in [0.15, 0.2) is 47.7 Å². The number of piperidine rings is 1. The van der Waals surface area contributed by atoms with E-state index in [9.17, 15) is 14.4 Å². The summed E-state index contributed by atoms with van der Waals surface area (Å²) in [5.41, 5.74) is 2.98. The van der Waals surface area contributed by atoms with Gasteiger partial charge in [0.1, 0.15) is 30.0 Å². The highest BCUT2D eigenvalue weighted by Crippen LogP contribution is 2.36. The summed E-state index contributed by atoms with van der Waals surface area (Å²) in [7, 11) is 0. The number of carbonyl (C=O) groups is 2. The summed E-state index contributed by atoms with van der Waals surface area (Å²) in [5, 5.41) is 4.30. The Morgan fingerprint density at radius 1 is 1.13 bits per heavy atom. The highest BCUT2D eigenvalue weighted by Gasteiger charge is 2.28. The first-order chi connectivity index (χ1) is 18.4. The van der Waals surface area contributed by atoms with Crippen LogP contribution in [-0.2, 0) is 11.3 Å². The lowest BCUT2D eigenvalue weighted by Crippen LogP contribution is -2.42. The molecule has 0 atom stereocenters. The number of aromatic nitrogens is 5. The maximum Gasteiger partial charge on any atom is 0.327 e. The van der Waals surface area contributed by atoms with Crippen LogP contribution in [0.25, 0.3) is 28.2 Å². The molecular formula is C27H26ClN7O3. The number of imidazole rings is 1. The number of H-pyrrole nitrogens is 1. The molecule has 194 valence electrons. The van der Waals surface area contributed by atoms with Crippen molar-refractivity contribution in [2.75, 3.05) is 25.0 Å². The number of amides is 1. The Labute approximate surface area is 223 Å². The average molecular weight is 532 g/mol. The SMILES string of the molecule is CC(=O)c1ncnc2c1c(-c1ccccc1Cl)cn2CC(=O)N1CCC(n2c3c([nH]c2=O)NCC=C3)CC1. The van der Waals surface area contributed by atoms with Crippen LogP contribution in [0.4, 0.5) is 5.82 Å². The van der Waals surface area contributed by atoms with Gasteiger partial charge in [-0.1, -0.05) is 35.9 Å². The fourth-order valence-electron chi connectivity index (χ4n) is 5.47. The molecule has 3 aromatic heterocycles. The number of carbonyl (C=O) groups excluding carboxylic acids is 2. The van der Waals surface area contributed by atoms with Crippen molar-refractivity contribution in [2.45, 2.75) is 32.4 Å². The van der Waals surface area contributed by atoms with Crippen LogP contribution in [0.2, 0.25) is 5.02 Å². The van der Waals surface area contributed by atoms with E-state index in [0.717, 1.165) is 17.1 Å². The predicted molar refractivity (Wildman–Crippen MR) is 145 cm³/mol. The number of hydrogen-bond acceptors (Lipinski definition) is 6. The van der Waals surface area contributed by atoms with Crippen molar-refractivity contribution in [3.63, 3.8) is 0 Å². The van der Waals surface area contributed by atoms with Gasteiger partial charge in [-0.15, -0.1) is 0 Å². The molecule has 10 nitrogen and oxygen atoms in total. The second-order valence-corrected chi connectivity index (χ2v) is 9.99. The molecule has 5 heterocycles. The van der Waals surface area contributed by atoms with Gasteiger partial charge in [0.2, 0.25) is 5.91 Å². The lowest BCUT2D eigenvalue weighted by Gasteiger charge is -2.33. The van der Waals surface area contributed by atoms with Crippen LogP contribution >= 0.6 is 11.6 Å². The van der Waals surface area contributed by atoms with Crippen LogP contribution in [-0.4, -0.2) is 60.3 Å². The summed E-state index contributed by atoms with van der Waals surface area (Å²) in [6, 6.07) is 7.38. The van der Waals surface area contributed by atoms with E-state index >= 15 is 0 Å². The Morgan fingerprint density at radius 2 is 1.92 bits per heavy atom. The number of Topliss-reactive ketones (excluding diaryl/α,β-unsaturated/α-hetero) is 1. The van der Waals surface area contributed by atoms with Crippen LogP contribution in [0.3, 0.4) is 0 Å². The van der Waals surface area contributed by atoms with Gasteiger partial charge >= 0.3 is 5.69 Å². The molecule has 2 aliphatic heterocycles. The van der Waals surface area contributed by atoms with Gasteiger partial charge in [-0.2, -0.15) is 0 Å². The molecule has 0 unspecified atom stereocenters. The number of likely N-dealkylation sites (tertiary alicyclic amines) is 1. The Hall–Kier alpha value is -4.18. The smallest absolute Gasteiger partial charge is 0.327 e. The quantitative estimate of drug-likeness (QED) is 0.379. The Kier molecular flexibility index (Phi) is 6.11. The Morgan fingerprint density at radius 3 is 2.68 bits per heavy atom. The fraction of sp³-hybridized carbons (Fsp3) is 0.296. The number of nitrogens with one attached hydrogen (secondary N) is 2.